The van der Waals surface area contributed by atoms with E-state index in [4.69, 9.17) is 0 Å². The van der Waals surface area contributed by atoms with Crippen LogP contribution in [0.2, 0.25) is 0 Å². The van der Waals surface area contributed by atoms with Crippen molar-refractivity contribution in [1.29, 1.82) is 0 Å². The number of halogens is 1. The van der Waals surface area contributed by atoms with Gasteiger partial charge >= 0.3 is 0 Å². The van der Waals surface area contributed by atoms with E-state index in [1.165, 1.54) is 5.56 Å². The summed E-state index contributed by atoms with van der Waals surface area (Å²) in [7, 11) is 0. The van der Waals surface area contributed by atoms with Crippen molar-refractivity contribution < 1.29 is 4.79 Å². The van der Waals surface area contributed by atoms with E-state index in [0.717, 1.165) is 16.7 Å². The van der Waals surface area contributed by atoms with E-state index >= 15 is 0 Å². The highest BCUT2D eigenvalue weighted by atomic mass is 79.9. The molecule has 0 bridgehead atoms. The normalized spacial score (nSPS) is 18.8. The maximum absolute atomic E-state index is 11.8. The van der Waals surface area contributed by atoms with Gasteiger partial charge in [0.25, 0.3) is 0 Å². The zero-order chi connectivity index (χ0) is 14.1. The molecule has 1 saturated heterocycles. The third kappa shape index (κ3) is 2.40. The van der Waals surface area contributed by atoms with E-state index in [0.29, 0.717) is 5.75 Å². The van der Waals surface area contributed by atoms with Gasteiger partial charge in [-0.2, -0.15) is 0 Å². The van der Waals surface area contributed by atoms with Gasteiger partial charge in [0.2, 0.25) is 5.91 Å². The van der Waals surface area contributed by atoms with Crippen LogP contribution in [0.5, 0.6) is 0 Å². The van der Waals surface area contributed by atoms with Gasteiger partial charge in [-0.3, -0.25) is 4.79 Å². The molecule has 1 aromatic carbocycles. The zero-order valence-electron chi connectivity index (χ0n) is 11.1. The molecule has 1 unspecified atom stereocenters. The molecule has 20 heavy (non-hydrogen) atoms. The first-order valence-electron chi connectivity index (χ1n) is 6.54. The first kappa shape index (κ1) is 13.8. The number of para-hydroxylation sites is 1. The van der Waals surface area contributed by atoms with Crippen LogP contribution in [0, 0.1) is 0 Å². The Kier molecular flexibility index (Phi) is 3.89. The van der Waals surface area contributed by atoms with Gasteiger partial charge in [-0.1, -0.05) is 12.1 Å². The van der Waals surface area contributed by atoms with E-state index in [2.05, 4.69) is 38.8 Å². The largest absolute Gasteiger partial charge is 0.326 e. The molecule has 1 aliphatic heterocycles. The molecule has 3 rings (SSSR count). The standard InChI is InChI=1S/C15H15BrN2OS/c1-2-18-14(19)10-20-15(18)11-7-8-17(9-11)13-6-4-3-5-12(13)16/h3-9,15H,2,10H2,1H3. The van der Waals surface area contributed by atoms with Crippen molar-refractivity contribution in [3.63, 3.8) is 0 Å². The average Bonchev–Trinajstić information content (AvgIpc) is 3.05. The molecule has 104 valence electrons. The maximum atomic E-state index is 11.8. The Balaban J connectivity index is 1.91. The van der Waals surface area contributed by atoms with Crippen molar-refractivity contribution in [2.24, 2.45) is 0 Å². The number of aromatic nitrogens is 1. The Morgan fingerprint density at radius 3 is 2.90 bits per heavy atom. The van der Waals surface area contributed by atoms with Crippen molar-refractivity contribution in [2.45, 2.75) is 12.3 Å². The van der Waals surface area contributed by atoms with Gasteiger partial charge < -0.3 is 9.47 Å². The van der Waals surface area contributed by atoms with E-state index in [9.17, 15) is 4.79 Å². The van der Waals surface area contributed by atoms with Gasteiger partial charge in [0, 0.05) is 29.0 Å². The summed E-state index contributed by atoms with van der Waals surface area (Å²) in [5.74, 6) is 0.815. The van der Waals surface area contributed by atoms with Crippen molar-refractivity contribution >= 4 is 33.6 Å². The van der Waals surface area contributed by atoms with Crippen LogP contribution in [0.25, 0.3) is 5.69 Å². The lowest BCUT2D eigenvalue weighted by Gasteiger charge is -2.21. The topological polar surface area (TPSA) is 25.2 Å². The molecule has 1 amide bonds. The van der Waals surface area contributed by atoms with Crippen LogP contribution in [-0.4, -0.2) is 27.7 Å². The average molecular weight is 351 g/mol. The Morgan fingerprint density at radius 2 is 2.15 bits per heavy atom. The number of carbonyl (C=O) groups excluding carboxylic acids is 1. The number of carbonyl (C=O) groups is 1. The van der Waals surface area contributed by atoms with Crippen molar-refractivity contribution in [3.05, 3.63) is 52.8 Å². The predicted octanol–water partition coefficient (Wildman–Crippen LogP) is 3.83. The summed E-state index contributed by atoms with van der Waals surface area (Å²) in [6.45, 7) is 2.79. The first-order valence-corrected chi connectivity index (χ1v) is 8.38. The molecule has 1 fully saturated rings. The molecule has 3 nitrogen and oxygen atoms in total. The molecular formula is C15H15BrN2OS. The molecule has 2 heterocycles. The lowest BCUT2D eigenvalue weighted by Crippen LogP contribution is -2.27. The van der Waals surface area contributed by atoms with Gasteiger partial charge in [-0.15, -0.1) is 11.8 Å². The maximum Gasteiger partial charge on any atom is 0.233 e. The second-order valence-electron chi connectivity index (χ2n) is 4.65. The van der Waals surface area contributed by atoms with Gasteiger partial charge in [0.1, 0.15) is 5.37 Å². The van der Waals surface area contributed by atoms with Gasteiger partial charge in [0.15, 0.2) is 0 Å². The lowest BCUT2D eigenvalue weighted by atomic mass is 10.3. The number of benzene rings is 1. The number of thioether (sulfide) groups is 1. The third-order valence-electron chi connectivity index (χ3n) is 3.44. The van der Waals surface area contributed by atoms with Crippen LogP contribution < -0.4 is 0 Å². The molecule has 2 aromatic rings. The van der Waals surface area contributed by atoms with Crippen molar-refractivity contribution in [1.82, 2.24) is 9.47 Å². The van der Waals surface area contributed by atoms with E-state index in [-0.39, 0.29) is 11.3 Å². The molecule has 1 atom stereocenters. The summed E-state index contributed by atoms with van der Waals surface area (Å²) < 4.78 is 3.15. The van der Waals surface area contributed by atoms with Crippen LogP contribution >= 0.6 is 27.7 Å². The molecule has 1 aromatic heterocycles. The van der Waals surface area contributed by atoms with Crippen LogP contribution in [-0.2, 0) is 4.79 Å². The van der Waals surface area contributed by atoms with Crippen LogP contribution in [0.3, 0.4) is 0 Å². The molecule has 0 spiro atoms. The summed E-state index contributed by atoms with van der Waals surface area (Å²) in [5.41, 5.74) is 2.29. The molecule has 0 N–H and O–H groups in total. The smallest absolute Gasteiger partial charge is 0.233 e. The molecule has 1 aliphatic rings. The van der Waals surface area contributed by atoms with Crippen molar-refractivity contribution in [3.8, 4) is 5.69 Å². The number of amides is 1. The zero-order valence-corrected chi connectivity index (χ0v) is 13.5. The summed E-state index contributed by atoms with van der Waals surface area (Å²) in [6, 6.07) is 10.2. The molecule has 0 aliphatic carbocycles. The molecule has 5 heteroatoms. The fourth-order valence-corrected chi connectivity index (χ4v) is 4.18. The Hall–Kier alpha value is -1.20. The predicted molar refractivity (Wildman–Crippen MR) is 86.1 cm³/mol. The Morgan fingerprint density at radius 1 is 1.35 bits per heavy atom. The van der Waals surface area contributed by atoms with Gasteiger partial charge in [0.05, 0.1) is 11.4 Å². The van der Waals surface area contributed by atoms with E-state index in [1.54, 1.807) is 11.8 Å². The highest BCUT2D eigenvalue weighted by Crippen LogP contribution is 2.38. The number of nitrogens with zero attached hydrogens (tertiary/aromatic N) is 2. The first-order chi connectivity index (χ1) is 9.70. The highest BCUT2D eigenvalue weighted by Gasteiger charge is 2.31. The Bertz CT molecular complexity index is 640. The van der Waals surface area contributed by atoms with Crippen molar-refractivity contribution in [2.75, 3.05) is 12.3 Å². The van der Waals surface area contributed by atoms with Crippen LogP contribution in [0.1, 0.15) is 17.9 Å². The third-order valence-corrected chi connectivity index (χ3v) is 5.37. The Labute approximate surface area is 131 Å². The monoisotopic (exact) mass is 350 g/mol. The van der Waals surface area contributed by atoms with E-state index < -0.39 is 0 Å². The fourth-order valence-electron chi connectivity index (χ4n) is 2.44. The second kappa shape index (κ2) is 5.66. The summed E-state index contributed by atoms with van der Waals surface area (Å²) in [4.78, 5) is 13.7. The summed E-state index contributed by atoms with van der Waals surface area (Å²) in [5, 5.41) is 0.149. The molecule has 0 radical (unpaired) electrons. The number of hydrogen-bond donors (Lipinski definition) is 0. The van der Waals surface area contributed by atoms with Crippen LogP contribution in [0.4, 0.5) is 0 Å². The molecular weight excluding hydrogens is 336 g/mol. The minimum Gasteiger partial charge on any atom is -0.326 e. The summed E-state index contributed by atoms with van der Waals surface area (Å²) in [6.07, 6.45) is 4.16. The van der Waals surface area contributed by atoms with E-state index in [1.807, 2.05) is 36.2 Å². The molecule has 0 saturated carbocycles. The minimum absolute atomic E-state index is 0.149. The number of hydrogen-bond acceptors (Lipinski definition) is 2. The summed E-state index contributed by atoms with van der Waals surface area (Å²) >= 11 is 5.27. The second-order valence-corrected chi connectivity index (χ2v) is 6.57. The number of rotatable bonds is 3. The van der Waals surface area contributed by atoms with Crippen LogP contribution in [0.15, 0.2) is 47.2 Å². The van der Waals surface area contributed by atoms with Gasteiger partial charge in [-0.25, -0.2) is 0 Å². The fraction of sp³-hybridized carbons (Fsp3) is 0.267. The van der Waals surface area contributed by atoms with Gasteiger partial charge in [-0.05, 0) is 41.1 Å². The highest BCUT2D eigenvalue weighted by molar-refractivity contribution is 9.10. The quantitative estimate of drug-likeness (QED) is 0.840. The minimum atomic E-state index is 0.149. The lowest BCUT2D eigenvalue weighted by molar-refractivity contribution is -0.127. The SMILES string of the molecule is CCN1C(=O)CSC1c1ccn(-c2ccccc2Br)c1.